The van der Waals surface area contributed by atoms with E-state index in [0.717, 1.165) is 42.6 Å². The molecule has 146 valence electrons. The molecular weight excluding hydrogens is 356 g/mol. The maximum Gasteiger partial charge on any atom is 0.255 e. The second-order valence-corrected chi connectivity index (χ2v) is 7.00. The second-order valence-electron chi connectivity index (χ2n) is 7.00. The molecule has 1 fully saturated rings. The van der Waals surface area contributed by atoms with Gasteiger partial charge in [0.05, 0.1) is 5.56 Å². The van der Waals surface area contributed by atoms with Crippen LogP contribution in [0.5, 0.6) is 5.75 Å². The lowest BCUT2D eigenvalue weighted by atomic mass is 10.00. The van der Waals surface area contributed by atoms with Crippen molar-refractivity contribution in [3.63, 3.8) is 0 Å². The van der Waals surface area contributed by atoms with Gasteiger partial charge in [-0.1, -0.05) is 30.3 Å². The first-order valence-electron chi connectivity index (χ1n) is 9.54. The average molecular weight is 380 g/mol. The van der Waals surface area contributed by atoms with Gasteiger partial charge in [0.2, 0.25) is 0 Å². The van der Waals surface area contributed by atoms with Crippen molar-refractivity contribution in [3.05, 3.63) is 53.6 Å². The maximum atomic E-state index is 12.8. The standard InChI is InChI=1S/C22H24N2O4/c1-23-22(26)20-19-15(13-24-16-7-9-27-10-8-16)11-17(25)12-18(19)28-21(20)14-5-3-2-4-6-14/h2-6,11-12,16,24-25H,7-10,13H2,1H3,(H,23,26). The molecule has 0 aliphatic carbocycles. The highest BCUT2D eigenvalue weighted by Crippen LogP contribution is 2.37. The molecule has 0 saturated carbocycles. The topological polar surface area (TPSA) is 83.7 Å². The fourth-order valence-electron chi connectivity index (χ4n) is 3.73. The first-order valence-corrected chi connectivity index (χ1v) is 9.54. The van der Waals surface area contributed by atoms with Crippen molar-refractivity contribution in [2.24, 2.45) is 0 Å². The number of phenols is 1. The van der Waals surface area contributed by atoms with Gasteiger partial charge in [-0.2, -0.15) is 0 Å². The molecule has 0 unspecified atom stereocenters. The first-order chi connectivity index (χ1) is 13.7. The molecule has 0 radical (unpaired) electrons. The van der Waals surface area contributed by atoms with Crippen LogP contribution < -0.4 is 10.6 Å². The number of phenolic OH excluding ortho intramolecular Hbond substituents is 1. The highest BCUT2D eigenvalue weighted by molar-refractivity contribution is 6.12. The molecule has 1 amide bonds. The molecular formula is C22H24N2O4. The van der Waals surface area contributed by atoms with Crippen LogP contribution in [0.4, 0.5) is 0 Å². The van der Waals surface area contributed by atoms with Gasteiger partial charge in [0, 0.05) is 49.9 Å². The second kappa shape index (κ2) is 8.04. The third-order valence-electron chi connectivity index (χ3n) is 5.15. The number of benzene rings is 2. The van der Waals surface area contributed by atoms with Crippen molar-refractivity contribution in [1.29, 1.82) is 0 Å². The number of ether oxygens (including phenoxy) is 1. The average Bonchev–Trinajstić information content (AvgIpc) is 3.12. The first kappa shape index (κ1) is 18.5. The molecule has 0 spiro atoms. The molecule has 3 N–H and O–H groups in total. The number of amides is 1. The number of hydrogen-bond acceptors (Lipinski definition) is 5. The quantitative estimate of drug-likeness (QED) is 0.632. The van der Waals surface area contributed by atoms with E-state index in [1.165, 1.54) is 0 Å². The molecule has 0 atom stereocenters. The Kier molecular flexibility index (Phi) is 5.32. The predicted octanol–water partition coefficient (Wildman–Crippen LogP) is 3.43. The summed E-state index contributed by atoms with van der Waals surface area (Å²) in [5.41, 5.74) is 2.65. The minimum absolute atomic E-state index is 0.119. The molecule has 2 aromatic carbocycles. The molecule has 6 nitrogen and oxygen atoms in total. The van der Waals surface area contributed by atoms with E-state index in [-0.39, 0.29) is 11.7 Å². The summed E-state index contributed by atoms with van der Waals surface area (Å²) in [6.45, 7) is 2.04. The van der Waals surface area contributed by atoms with E-state index in [4.69, 9.17) is 9.15 Å². The van der Waals surface area contributed by atoms with Crippen molar-refractivity contribution in [3.8, 4) is 17.1 Å². The van der Waals surface area contributed by atoms with E-state index >= 15 is 0 Å². The summed E-state index contributed by atoms with van der Waals surface area (Å²) in [6, 6.07) is 13.2. The molecule has 1 aromatic heterocycles. The molecule has 0 bridgehead atoms. The monoisotopic (exact) mass is 380 g/mol. The third-order valence-corrected chi connectivity index (χ3v) is 5.15. The molecule has 3 aromatic rings. The number of furan rings is 1. The van der Waals surface area contributed by atoms with E-state index in [2.05, 4.69) is 10.6 Å². The molecule has 2 heterocycles. The summed E-state index contributed by atoms with van der Waals surface area (Å²) in [7, 11) is 1.61. The van der Waals surface area contributed by atoms with Crippen molar-refractivity contribution < 1.29 is 19.1 Å². The van der Waals surface area contributed by atoms with Crippen LogP contribution in [-0.4, -0.2) is 37.3 Å². The van der Waals surface area contributed by atoms with Gasteiger partial charge in [-0.05, 0) is 24.5 Å². The van der Waals surface area contributed by atoms with Gasteiger partial charge < -0.3 is 24.9 Å². The van der Waals surface area contributed by atoms with E-state index in [9.17, 15) is 9.90 Å². The molecule has 1 aliphatic heterocycles. The normalized spacial score (nSPS) is 15.0. The lowest BCUT2D eigenvalue weighted by Gasteiger charge is -2.23. The number of aromatic hydroxyl groups is 1. The van der Waals surface area contributed by atoms with E-state index in [1.54, 1.807) is 19.2 Å². The molecule has 6 heteroatoms. The van der Waals surface area contributed by atoms with Crippen molar-refractivity contribution in [2.75, 3.05) is 20.3 Å². The van der Waals surface area contributed by atoms with Crippen molar-refractivity contribution >= 4 is 16.9 Å². The third kappa shape index (κ3) is 3.61. The van der Waals surface area contributed by atoms with Crippen molar-refractivity contribution in [1.82, 2.24) is 10.6 Å². The van der Waals surface area contributed by atoms with Crippen LogP contribution in [0.15, 0.2) is 46.9 Å². The lowest BCUT2D eigenvalue weighted by Crippen LogP contribution is -2.34. The van der Waals surface area contributed by atoms with Gasteiger partial charge >= 0.3 is 0 Å². The fourth-order valence-corrected chi connectivity index (χ4v) is 3.73. The van der Waals surface area contributed by atoms with Gasteiger partial charge in [-0.15, -0.1) is 0 Å². The number of fused-ring (bicyclic) bond motifs is 1. The fraction of sp³-hybridized carbons (Fsp3) is 0.318. The minimum Gasteiger partial charge on any atom is -0.508 e. The zero-order valence-electron chi connectivity index (χ0n) is 15.8. The Morgan fingerprint density at radius 3 is 2.64 bits per heavy atom. The zero-order chi connectivity index (χ0) is 19.5. The Morgan fingerprint density at radius 2 is 1.93 bits per heavy atom. The number of hydrogen-bond donors (Lipinski definition) is 3. The molecule has 1 saturated heterocycles. The van der Waals surface area contributed by atoms with Gasteiger partial charge in [0.1, 0.15) is 17.1 Å². The number of nitrogens with one attached hydrogen (secondary N) is 2. The summed E-state index contributed by atoms with van der Waals surface area (Å²) < 4.78 is 11.5. The summed E-state index contributed by atoms with van der Waals surface area (Å²) in [4.78, 5) is 12.8. The lowest BCUT2D eigenvalue weighted by molar-refractivity contribution is 0.0776. The summed E-state index contributed by atoms with van der Waals surface area (Å²) >= 11 is 0. The van der Waals surface area contributed by atoms with E-state index < -0.39 is 0 Å². The summed E-state index contributed by atoms with van der Waals surface area (Å²) in [5, 5.41) is 17.2. The van der Waals surface area contributed by atoms with E-state index in [0.29, 0.717) is 29.5 Å². The van der Waals surface area contributed by atoms with Gasteiger partial charge in [-0.25, -0.2) is 0 Å². The van der Waals surface area contributed by atoms with Crippen LogP contribution in [0.2, 0.25) is 0 Å². The van der Waals surface area contributed by atoms with Crippen LogP contribution in [0.1, 0.15) is 28.8 Å². The largest absolute Gasteiger partial charge is 0.508 e. The van der Waals surface area contributed by atoms with Crippen molar-refractivity contribution in [2.45, 2.75) is 25.4 Å². The van der Waals surface area contributed by atoms with Gasteiger partial charge in [-0.3, -0.25) is 4.79 Å². The molecule has 1 aliphatic rings. The van der Waals surface area contributed by atoms with Crippen LogP contribution in [0.25, 0.3) is 22.3 Å². The molecule has 4 rings (SSSR count). The number of carbonyl (C=O) groups excluding carboxylic acids is 1. The van der Waals surface area contributed by atoms with Crippen LogP contribution in [0, 0.1) is 0 Å². The Bertz CT molecular complexity index is 975. The Balaban J connectivity index is 1.80. The smallest absolute Gasteiger partial charge is 0.255 e. The highest BCUT2D eigenvalue weighted by Gasteiger charge is 2.24. The van der Waals surface area contributed by atoms with E-state index in [1.807, 2.05) is 30.3 Å². The highest BCUT2D eigenvalue weighted by atomic mass is 16.5. The SMILES string of the molecule is CNC(=O)c1c(-c2ccccc2)oc2cc(O)cc(CNC3CCOCC3)c12. The van der Waals surface area contributed by atoms with Crippen LogP contribution >= 0.6 is 0 Å². The van der Waals surface area contributed by atoms with Gasteiger partial charge in [0.25, 0.3) is 5.91 Å². The Labute approximate surface area is 163 Å². The maximum absolute atomic E-state index is 12.8. The van der Waals surface area contributed by atoms with Crippen LogP contribution in [0.3, 0.4) is 0 Å². The van der Waals surface area contributed by atoms with Gasteiger partial charge in [0.15, 0.2) is 0 Å². The minimum atomic E-state index is -0.212. The van der Waals surface area contributed by atoms with Crippen LogP contribution in [-0.2, 0) is 11.3 Å². The molecule has 28 heavy (non-hydrogen) atoms. The number of carbonyl (C=O) groups is 1. The number of rotatable bonds is 5. The summed E-state index contributed by atoms with van der Waals surface area (Å²) in [6.07, 6.45) is 1.90. The Morgan fingerprint density at radius 1 is 1.18 bits per heavy atom. The summed E-state index contributed by atoms with van der Waals surface area (Å²) in [5.74, 6) is 0.413. The predicted molar refractivity (Wildman–Crippen MR) is 107 cm³/mol. The Hall–Kier alpha value is -2.83. The zero-order valence-corrected chi connectivity index (χ0v) is 15.8.